The van der Waals surface area contributed by atoms with Crippen molar-refractivity contribution in [3.63, 3.8) is 0 Å². The number of hydrogen-bond acceptors (Lipinski definition) is 4. The van der Waals surface area contributed by atoms with Gasteiger partial charge < -0.3 is 0 Å². The lowest BCUT2D eigenvalue weighted by molar-refractivity contribution is -0.172. The van der Waals surface area contributed by atoms with Crippen molar-refractivity contribution in [2.45, 2.75) is 43.3 Å². The van der Waals surface area contributed by atoms with Gasteiger partial charge in [0.1, 0.15) is 11.9 Å². The van der Waals surface area contributed by atoms with Crippen molar-refractivity contribution in [1.82, 2.24) is 9.29 Å². The second-order valence-electron chi connectivity index (χ2n) is 7.35. The standard InChI is InChI=1S/C20H21ClF3N3OS/c1-5-27(16(20(22,23)24)12-6-8-13(21)9-7-12)29-14-10-15-17(25-11-14)26(4)18(28)19(15,2)3/h6-11,16H,5H2,1-4H3/t16-/m1/s1. The van der Waals surface area contributed by atoms with Gasteiger partial charge in [-0.15, -0.1) is 0 Å². The highest BCUT2D eigenvalue weighted by Gasteiger charge is 2.46. The smallest absolute Gasteiger partial charge is 0.299 e. The number of halogens is 4. The minimum Gasteiger partial charge on any atom is -0.299 e. The van der Waals surface area contributed by atoms with E-state index in [1.165, 1.54) is 39.7 Å². The number of nitrogens with zero attached hydrogens (tertiary/aromatic N) is 3. The second kappa shape index (κ2) is 7.81. The van der Waals surface area contributed by atoms with Crippen molar-refractivity contribution in [2.75, 3.05) is 18.5 Å². The van der Waals surface area contributed by atoms with E-state index in [-0.39, 0.29) is 18.0 Å². The van der Waals surface area contributed by atoms with Gasteiger partial charge in [0, 0.05) is 35.3 Å². The van der Waals surface area contributed by atoms with Crippen LogP contribution >= 0.6 is 23.5 Å². The molecule has 0 spiro atoms. The minimum atomic E-state index is -4.48. The number of carbonyl (C=O) groups excluding carboxylic acids is 1. The highest BCUT2D eigenvalue weighted by Crippen LogP contribution is 2.45. The maximum Gasteiger partial charge on any atom is 0.408 e. The highest BCUT2D eigenvalue weighted by atomic mass is 35.5. The quantitative estimate of drug-likeness (QED) is 0.562. The van der Waals surface area contributed by atoms with Crippen LogP contribution in [-0.2, 0) is 10.2 Å². The molecule has 0 N–H and O–H groups in total. The van der Waals surface area contributed by atoms with Gasteiger partial charge in [-0.1, -0.05) is 30.7 Å². The maximum absolute atomic E-state index is 13.9. The second-order valence-corrected chi connectivity index (χ2v) is 8.91. The first-order valence-corrected chi connectivity index (χ1v) is 10.2. The largest absolute Gasteiger partial charge is 0.408 e. The molecule has 0 saturated heterocycles. The predicted molar refractivity (Wildman–Crippen MR) is 109 cm³/mol. The average molecular weight is 444 g/mol. The third kappa shape index (κ3) is 4.11. The van der Waals surface area contributed by atoms with Crippen molar-refractivity contribution < 1.29 is 18.0 Å². The van der Waals surface area contributed by atoms with E-state index >= 15 is 0 Å². The van der Waals surface area contributed by atoms with Gasteiger partial charge in [0.05, 0.1) is 5.41 Å². The molecule has 29 heavy (non-hydrogen) atoms. The number of fused-ring (bicyclic) bond motifs is 1. The molecule has 156 valence electrons. The molecule has 2 aromatic rings. The number of carbonyl (C=O) groups is 1. The maximum atomic E-state index is 13.9. The Bertz CT molecular complexity index is 918. The number of likely N-dealkylation sites (N-methyl/N-ethyl adjacent to an activating group) is 1. The molecule has 4 nitrogen and oxygen atoms in total. The van der Waals surface area contributed by atoms with Gasteiger partial charge in [-0.2, -0.15) is 13.2 Å². The lowest BCUT2D eigenvalue weighted by Gasteiger charge is -2.31. The van der Waals surface area contributed by atoms with Gasteiger partial charge in [0.25, 0.3) is 0 Å². The number of anilines is 1. The average Bonchev–Trinajstić information content (AvgIpc) is 2.82. The van der Waals surface area contributed by atoms with E-state index in [0.717, 1.165) is 11.9 Å². The van der Waals surface area contributed by atoms with Crippen LogP contribution in [0.4, 0.5) is 19.0 Å². The Hall–Kier alpha value is -1.77. The number of benzene rings is 1. The summed E-state index contributed by atoms with van der Waals surface area (Å²) in [6.45, 7) is 5.40. The molecule has 0 saturated carbocycles. The number of rotatable bonds is 5. The summed E-state index contributed by atoms with van der Waals surface area (Å²) in [6, 6.07) is 5.64. The van der Waals surface area contributed by atoms with Gasteiger partial charge in [-0.05, 0) is 49.6 Å². The van der Waals surface area contributed by atoms with E-state index in [1.54, 1.807) is 33.9 Å². The van der Waals surface area contributed by atoms with Crippen molar-refractivity contribution in [1.29, 1.82) is 0 Å². The van der Waals surface area contributed by atoms with Crippen LogP contribution in [-0.4, -0.2) is 35.0 Å². The molecular weight excluding hydrogens is 423 g/mol. The summed E-state index contributed by atoms with van der Waals surface area (Å²) in [5.41, 5.74) is 0.0475. The van der Waals surface area contributed by atoms with Crippen molar-refractivity contribution in [3.8, 4) is 0 Å². The fourth-order valence-corrected chi connectivity index (χ4v) is 4.59. The Labute approximate surface area is 177 Å². The number of amides is 1. The monoisotopic (exact) mass is 443 g/mol. The molecule has 0 aliphatic carbocycles. The van der Waals surface area contributed by atoms with Gasteiger partial charge >= 0.3 is 6.18 Å². The third-order valence-electron chi connectivity index (χ3n) is 4.99. The van der Waals surface area contributed by atoms with Crippen LogP contribution < -0.4 is 4.90 Å². The SMILES string of the molecule is CCN(Sc1cnc2c(c1)C(C)(C)C(=O)N2C)[C@H](c1ccc(Cl)cc1)C(F)(F)F. The molecule has 1 aromatic carbocycles. The number of aromatic nitrogens is 1. The summed E-state index contributed by atoms with van der Waals surface area (Å²) in [7, 11) is 1.65. The van der Waals surface area contributed by atoms with E-state index in [2.05, 4.69) is 4.98 Å². The Morgan fingerprint density at radius 3 is 2.45 bits per heavy atom. The molecule has 1 aliphatic heterocycles. The van der Waals surface area contributed by atoms with E-state index in [9.17, 15) is 18.0 Å². The van der Waals surface area contributed by atoms with Gasteiger partial charge in [-0.3, -0.25) is 9.69 Å². The van der Waals surface area contributed by atoms with E-state index in [4.69, 9.17) is 11.6 Å². The molecule has 0 fully saturated rings. The summed E-state index contributed by atoms with van der Waals surface area (Å²) in [5.74, 6) is 0.446. The summed E-state index contributed by atoms with van der Waals surface area (Å²) < 4.78 is 43.1. The van der Waals surface area contributed by atoms with Crippen LogP contribution in [0.5, 0.6) is 0 Å². The molecule has 3 rings (SSSR count). The van der Waals surface area contributed by atoms with Crippen molar-refractivity contribution in [3.05, 3.63) is 52.7 Å². The molecule has 2 heterocycles. The van der Waals surface area contributed by atoms with Crippen LogP contribution in [0.1, 0.15) is 37.9 Å². The first-order valence-electron chi connectivity index (χ1n) is 9.02. The van der Waals surface area contributed by atoms with Crippen molar-refractivity contribution >= 4 is 35.3 Å². The first-order chi connectivity index (χ1) is 13.5. The number of pyridine rings is 1. The Kier molecular flexibility index (Phi) is 5.91. The zero-order chi connectivity index (χ0) is 21.6. The van der Waals surface area contributed by atoms with Crippen LogP contribution in [0, 0.1) is 0 Å². The molecular formula is C20H21ClF3N3OS. The van der Waals surface area contributed by atoms with Gasteiger partial charge in [0.2, 0.25) is 5.91 Å². The minimum absolute atomic E-state index is 0.0937. The van der Waals surface area contributed by atoms with Crippen LogP contribution in [0.3, 0.4) is 0 Å². The topological polar surface area (TPSA) is 36.4 Å². The summed E-state index contributed by atoms with van der Waals surface area (Å²) in [6.07, 6.45) is -2.97. The Morgan fingerprint density at radius 2 is 1.90 bits per heavy atom. The van der Waals surface area contributed by atoms with E-state index in [0.29, 0.717) is 21.3 Å². The van der Waals surface area contributed by atoms with Crippen LogP contribution in [0.25, 0.3) is 0 Å². The zero-order valence-corrected chi connectivity index (χ0v) is 18.0. The predicted octanol–water partition coefficient (Wildman–Crippen LogP) is 5.62. The lowest BCUT2D eigenvalue weighted by Crippen LogP contribution is -2.34. The normalized spacial score (nSPS) is 17.0. The first kappa shape index (κ1) is 21.9. The van der Waals surface area contributed by atoms with E-state index in [1.807, 2.05) is 0 Å². The lowest BCUT2D eigenvalue weighted by atomic mass is 9.87. The van der Waals surface area contributed by atoms with Crippen LogP contribution in [0.2, 0.25) is 5.02 Å². The summed E-state index contributed by atoms with van der Waals surface area (Å²) in [5, 5.41) is 0.379. The summed E-state index contributed by atoms with van der Waals surface area (Å²) in [4.78, 5) is 18.8. The number of alkyl halides is 3. The van der Waals surface area contributed by atoms with Gasteiger partial charge in [0.15, 0.2) is 0 Å². The molecule has 1 atom stereocenters. The molecule has 0 unspecified atom stereocenters. The fraction of sp³-hybridized carbons (Fsp3) is 0.400. The highest BCUT2D eigenvalue weighted by molar-refractivity contribution is 7.97. The van der Waals surface area contributed by atoms with Crippen molar-refractivity contribution in [2.24, 2.45) is 0 Å². The molecule has 0 radical (unpaired) electrons. The molecule has 0 bridgehead atoms. The summed E-state index contributed by atoms with van der Waals surface area (Å²) >= 11 is 6.82. The fourth-order valence-electron chi connectivity index (χ4n) is 3.44. The molecule has 1 aliphatic rings. The molecule has 1 aromatic heterocycles. The Morgan fingerprint density at radius 1 is 1.28 bits per heavy atom. The Balaban J connectivity index is 1.96. The third-order valence-corrected chi connectivity index (χ3v) is 6.38. The molecule has 9 heteroatoms. The van der Waals surface area contributed by atoms with Crippen LogP contribution in [0.15, 0.2) is 41.4 Å². The number of hydrogen-bond donors (Lipinski definition) is 0. The molecule has 1 amide bonds. The zero-order valence-electron chi connectivity index (χ0n) is 16.4. The van der Waals surface area contributed by atoms with E-state index < -0.39 is 17.6 Å². The van der Waals surface area contributed by atoms with Gasteiger partial charge in [-0.25, -0.2) is 9.29 Å².